The van der Waals surface area contributed by atoms with Gasteiger partial charge in [0.1, 0.15) is 0 Å². The third-order valence-corrected chi connectivity index (χ3v) is 4.74. The van der Waals surface area contributed by atoms with Gasteiger partial charge in [-0.05, 0) is 30.2 Å². The second-order valence-corrected chi connectivity index (χ2v) is 6.66. The highest BCUT2D eigenvalue weighted by Gasteiger charge is 2.30. The van der Waals surface area contributed by atoms with E-state index >= 15 is 0 Å². The minimum atomic E-state index is 0. The number of halogens is 1. The molecule has 1 aliphatic rings. The van der Waals surface area contributed by atoms with Crippen molar-refractivity contribution < 1.29 is 4.79 Å². The van der Waals surface area contributed by atoms with Crippen LogP contribution in [0.5, 0.6) is 0 Å². The molecule has 4 heteroatoms. The van der Waals surface area contributed by atoms with Crippen molar-refractivity contribution >= 4 is 18.3 Å². The number of hydrogen-bond donors (Lipinski definition) is 1. The fourth-order valence-electron chi connectivity index (χ4n) is 3.55. The normalized spacial score (nSPS) is 22.2. The Morgan fingerprint density at radius 2 is 1.91 bits per heavy atom. The molecule has 0 heterocycles. The van der Waals surface area contributed by atoms with E-state index in [1.807, 2.05) is 30.1 Å². The third kappa shape index (κ3) is 4.47. The van der Waals surface area contributed by atoms with Gasteiger partial charge in [0.25, 0.3) is 0 Å². The van der Waals surface area contributed by atoms with E-state index in [1.54, 1.807) is 0 Å². The van der Waals surface area contributed by atoms with E-state index in [4.69, 9.17) is 5.73 Å². The molecule has 1 saturated carbocycles. The van der Waals surface area contributed by atoms with Crippen molar-refractivity contribution in [1.29, 1.82) is 0 Å². The monoisotopic (exact) mass is 324 g/mol. The van der Waals surface area contributed by atoms with Crippen molar-refractivity contribution in [2.24, 2.45) is 17.6 Å². The SMILES string of the molecule is CC(C)C(c1ccccc1)N(C)C(=O)C[C@@H]1CCC[C@H]1N.Cl. The summed E-state index contributed by atoms with van der Waals surface area (Å²) >= 11 is 0. The molecule has 3 atom stereocenters. The van der Waals surface area contributed by atoms with Gasteiger partial charge < -0.3 is 10.6 Å². The lowest BCUT2D eigenvalue weighted by Crippen LogP contribution is -2.37. The highest BCUT2D eigenvalue weighted by Crippen LogP contribution is 2.31. The van der Waals surface area contributed by atoms with Gasteiger partial charge in [-0.25, -0.2) is 0 Å². The van der Waals surface area contributed by atoms with Crippen molar-refractivity contribution in [3.8, 4) is 0 Å². The van der Waals surface area contributed by atoms with Crippen LogP contribution in [-0.2, 0) is 4.79 Å². The summed E-state index contributed by atoms with van der Waals surface area (Å²) in [6, 6.07) is 10.6. The molecule has 0 aromatic heterocycles. The number of rotatable bonds is 5. The van der Waals surface area contributed by atoms with Crippen LogP contribution in [0.3, 0.4) is 0 Å². The third-order valence-electron chi connectivity index (χ3n) is 4.74. The van der Waals surface area contributed by atoms with Gasteiger partial charge in [-0.15, -0.1) is 12.4 Å². The summed E-state index contributed by atoms with van der Waals surface area (Å²) in [4.78, 5) is 14.6. The second-order valence-electron chi connectivity index (χ2n) is 6.66. The predicted octanol–water partition coefficient (Wildman–Crippen LogP) is 3.78. The summed E-state index contributed by atoms with van der Waals surface area (Å²) in [5.41, 5.74) is 7.31. The molecule has 1 amide bonds. The van der Waals surface area contributed by atoms with Crippen LogP contribution in [0, 0.1) is 11.8 Å². The molecule has 124 valence electrons. The molecule has 0 aliphatic heterocycles. The van der Waals surface area contributed by atoms with Gasteiger partial charge >= 0.3 is 0 Å². The summed E-state index contributed by atoms with van der Waals surface area (Å²) < 4.78 is 0. The first-order chi connectivity index (χ1) is 10.0. The highest BCUT2D eigenvalue weighted by molar-refractivity contribution is 5.85. The van der Waals surface area contributed by atoms with Crippen LogP contribution in [-0.4, -0.2) is 23.9 Å². The van der Waals surface area contributed by atoms with Crippen LogP contribution in [0.1, 0.15) is 51.1 Å². The predicted molar refractivity (Wildman–Crippen MR) is 94.0 cm³/mol. The first-order valence-electron chi connectivity index (χ1n) is 8.07. The molecule has 1 aromatic carbocycles. The van der Waals surface area contributed by atoms with Crippen LogP contribution >= 0.6 is 12.4 Å². The summed E-state index contributed by atoms with van der Waals surface area (Å²) in [7, 11) is 1.93. The zero-order valence-corrected chi connectivity index (χ0v) is 14.7. The minimum absolute atomic E-state index is 0. The first kappa shape index (κ1) is 19.0. The highest BCUT2D eigenvalue weighted by atomic mass is 35.5. The number of benzene rings is 1. The Kier molecular flexibility index (Phi) is 7.37. The average Bonchev–Trinajstić information content (AvgIpc) is 2.85. The Labute approximate surface area is 140 Å². The van der Waals surface area contributed by atoms with Crippen molar-refractivity contribution in [3.05, 3.63) is 35.9 Å². The molecule has 0 radical (unpaired) electrons. The summed E-state index contributed by atoms with van der Waals surface area (Å²) in [5, 5.41) is 0. The van der Waals surface area contributed by atoms with Gasteiger partial charge in [0, 0.05) is 19.5 Å². The topological polar surface area (TPSA) is 46.3 Å². The Morgan fingerprint density at radius 3 is 2.41 bits per heavy atom. The minimum Gasteiger partial charge on any atom is -0.338 e. The molecule has 1 aliphatic carbocycles. The summed E-state index contributed by atoms with van der Waals surface area (Å²) in [6.45, 7) is 4.34. The Bertz CT molecular complexity index is 463. The zero-order chi connectivity index (χ0) is 15.4. The van der Waals surface area contributed by atoms with Gasteiger partial charge in [-0.2, -0.15) is 0 Å². The second kappa shape index (κ2) is 8.54. The van der Waals surface area contributed by atoms with E-state index in [2.05, 4.69) is 26.0 Å². The molecule has 0 bridgehead atoms. The largest absolute Gasteiger partial charge is 0.338 e. The van der Waals surface area contributed by atoms with Crippen LogP contribution in [0.2, 0.25) is 0 Å². The maximum absolute atomic E-state index is 12.6. The first-order valence-corrected chi connectivity index (χ1v) is 8.07. The van der Waals surface area contributed by atoms with E-state index in [9.17, 15) is 4.79 Å². The number of nitrogens with two attached hydrogens (primary N) is 1. The van der Waals surface area contributed by atoms with Gasteiger partial charge in [0.15, 0.2) is 0 Å². The lowest BCUT2D eigenvalue weighted by molar-refractivity contribution is -0.134. The summed E-state index contributed by atoms with van der Waals surface area (Å²) in [5.74, 6) is 0.974. The van der Waals surface area contributed by atoms with Crippen LogP contribution in [0.4, 0.5) is 0 Å². The molecule has 1 unspecified atom stereocenters. The quantitative estimate of drug-likeness (QED) is 0.896. The van der Waals surface area contributed by atoms with Crippen LogP contribution in [0.25, 0.3) is 0 Å². The molecular formula is C18H29ClN2O. The molecule has 2 rings (SSSR count). The van der Waals surface area contributed by atoms with Crippen molar-refractivity contribution in [3.63, 3.8) is 0 Å². The molecule has 0 spiro atoms. The van der Waals surface area contributed by atoms with Gasteiger partial charge in [-0.3, -0.25) is 4.79 Å². The number of carbonyl (C=O) groups excluding carboxylic acids is 1. The van der Waals surface area contributed by atoms with Gasteiger partial charge in [0.05, 0.1) is 6.04 Å². The average molecular weight is 325 g/mol. The number of nitrogens with zero attached hydrogens (tertiary/aromatic N) is 1. The number of hydrogen-bond acceptors (Lipinski definition) is 2. The van der Waals surface area contributed by atoms with Crippen molar-refractivity contribution in [2.75, 3.05) is 7.05 Å². The van der Waals surface area contributed by atoms with Gasteiger partial charge in [-0.1, -0.05) is 50.6 Å². The Balaban J connectivity index is 0.00000242. The number of amides is 1. The lowest BCUT2D eigenvalue weighted by Gasteiger charge is -2.33. The van der Waals surface area contributed by atoms with E-state index in [1.165, 1.54) is 5.56 Å². The fraction of sp³-hybridized carbons (Fsp3) is 0.611. The van der Waals surface area contributed by atoms with Crippen molar-refractivity contribution in [2.45, 2.75) is 51.6 Å². The standard InChI is InChI=1S/C18H28N2O.ClH/c1-13(2)18(14-8-5-4-6-9-14)20(3)17(21)12-15-10-7-11-16(15)19;/h4-6,8-9,13,15-16,18H,7,10-12,19H2,1-3H3;1H/t15-,16+,18?;/m0./s1. The van der Waals surface area contributed by atoms with E-state index in [0.717, 1.165) is 19.3 Å². The van der Waals surface area contributed by atoms with Crippen LogP contribution in [0.15, 0.2) is 30.3 Å². The molecular weight excluding hydrogens is 296 g/mol. The zero-order valence-electron chi connectivity index (χ0n) is 13.9. The maximum atomic E-state index is 12.6. The van der Waals surface area contributed by atoms with Crippen molar-refractivity contribution in [1.82, 2.24) is 4.90 Å². The maximum Gasteiger partial charge on any atom is 0.223 e. The smallest absolute Gasteiger partial charge is 0.223 e. The molecule has 0 saturated heterocycles. The van der Waals surface area contributed by atoms with Crippen LogP contribution < -0.4 is 5.73 Å². The Morgan fingerprint density at radius 1 is 1.27 bits per heavy atom. The van der Waals surface area contributed by atoms with E-state index < -0.39 is 0 Å². The molecule has 22 heavy (non-hydrogen) atoms. The molecule has 1 fully saturated rings. The van der Waals surface area contributed by atoms with E-state index in [-0.39, 0.29) is 30.4 Å². The van der Waals surface area contributed by atoms with E-state index in [0.29, 0.717) is 18.3 Å². The molecule has 3 nitrogen and oxygen atoms in total. The lowest BCUT2D eigenvalue weighted by atomic mass is 9.93. The number of carbonyl (C=O) groups is 1. The molecule has 1 aromatic rings. The van der Waals surface area contributed by atoms with Gasteiger partial charge in [0.2, 0.25) is 5.91 Å². The summed E-state index contributed by atoms with van der Waals surface area (Å²) in [6.07, 6.45) is 3.91. The Hall–Kier alpha value is -1.06. The fourth-order valence-corrected chi connectivity index (χ4v) is 3.55. The molecule has 2 N–H and O–H groups in total.